The van der Waals surface area contributed by atoms with Crippen LogP contribution < -0.4 is 5.32 Å². The van der Waals surface area contributed by atoms with Crippen molar-refractivity contribution in [1.29, 1.82) is 0 Å². The number of fused-ring (bicyclic) bond motifs is 1. The Morgan fingerprint density at radius 1 is 1.11 bits per heavy atom. The van der Waals surface area contributed by atoms with Gasteiger partial charge in [-0.2, -0.15) is 4.31 Å². The average Bonchev–Trinajstić information content (AvgIpc) is 2.83. The normalized spacial score (nSPS) is 29.1. The van der Waals surface area contributed by atoms with Gasteiger partial charge in [-0.05, 0) is 57.8 Å². The Morgan fingerprint density at radius 3 is 2.60 bits per heavy atom. The molecule has 0 saturated carbocycles. The molecular formula is C25H39N3O6S. The van der Waals surface area contributed by atoms with Crippen molar-refractivity contribution in [2.45, 2.75) is 74.7 Å². The first-order chi connectivity index (χ1) is 16.8. The molecule has 35 heavy (non-hydrogen) atoms. The molecule has 9 nitrogen and oxygen atoms in total. The first-order valence-electron chi connectivity index (χ1n) is 12.8. The van der Waals surface area contributed by atoms with Crippen molar-refractivity contribution in [1.82, 2.24) is 14.5 Å². The van der Waals surface area contributed by atoms with Gasteiger partial charge in [0.15, 0.2) is 0 Å². The summed E-state index contributed by atoms with van der Waals surface area (Å²) in [5.41, 5.74) is 0.973. The molecule has 1 aromatic rings. The molecule has 3 aliphatic rings. The molecule has 0 bridgehead atoms. The summed E-state index contributed by atoms with van der Waals surface area (Å²) in [5, 5.41) is 13.4. The number of carbonyl (C=O) groups excluding carboxylic acids is 1. The van der Waals surface area contributed by atoms with E-state index >= 15 is 0 Å². The molecule has 0 spiro atoms. The minimum absolute atomic E-state index is 0.0359. The minimum atomic E-state index is -3.83. The topological polar surface area (TPSA) is 108 Å². The summed E-state index contributed by atoms with van der Waals surface area (Å²) in [6.07, 6.45) is 3.39. The summed E-state index contributed by atoms with van der Waals surface area (Å²) in [6.45, 7) is 5.75. The number of carbonyl (C=O) groups is 1. The van der Waals surface area contributed by atoms with E-state index in [4.69, 9.17) is 9.47 Å². The lowest BCUT2D eigenvalue weighted by Gasteiger charge is -2.43. The highest BCUT2D eigenvalue weighted by molar-refractivity contribution is 7.89. The van der Waals surface area contributed by atoms with Crippen LogP contribution in [0.5, 0.6) is 0 Å². The van der Waals surface area contributed by atoms with Crippen molar-refractivity contribution in [3.8, 4) is 0 Å². The Labute approximate surface area is 208 Å². The number of aryl methyl sites for hydroxylation is 1. The quantitative estimate of drug-likeness (QED) is 0.570. The van der Waals surface area contributed by atoms with Crippen molar-refractivity contribution in [2.75, 3.05) is 45.9 Å². The van der Waals surface area contributed by atoms with Crippen LogP contribution in [0.3, 0.4) is 0 Å². The molecule has 4 rings (SSSR count). The average molecular weight is 510 g/mol. The number of aliphatic hydroxyl groups is 1. The van der Waals surface area contributed by atoms with Crippen molar-refractivity contribution >= 4 is 15.9 Å². The Balaban J connectivity index is 1.36. The van der Waals surface area contributed by atoms with Crippen molar-refractivity contribution < 1.29 is 27.8 Å². The molecule has 2 N–H and O–H groups in total. The smallest absolute Gasteiger partial charge is 0.243 e. The van der Waals surface area contributed by atoms with Crippen LogP contribution in [0.15, 0.2) is 29.2 Å². The number of hydrogen-bond donors (Lipinski definition) is 2. The van der Waals surface area contributed by atoms with Gasteiger partial charge in [0.1, 0.15) is 0 Å². The highest BCUT2D eigenvalue weighted by atomic mass is 32.2. The predicted molar refractivity (Wildman–Crippen MR) is 131 cm³/mol. The SMILES string of the molecule is Cc1ccc(S(=O)(=O)N2C[C@H](O)COC[C@H]3O[C@H](CC(=O)NCCN4CCCCC4)CC[C@@H]32)cc1. The number of nitrogens with one attached hydrogen (secondary N) is 1. The molecule has 1 aromatic carbocycles. The van der Waals surface area contributed by atoms with Crippen LogP contribution in [-0.2, 0) is 24.3 Å². The molecule has 0 aromatic heterocycles. The first kappa shape index (κ1) is 26.5. The highest BCUT2D eigenvalue weighted by Gasteiger charge is 2.43. The van der Waals surface area contributed by atoms with Gasteiger partial charge < -0.3 is 24.8 Å². The monoisotopic (exact) mass is 509 g/mol. The number of β-amino-alcohol motifs (C(OH)–C–C–N with tert-alkyl or cyclic N) is 1. The number of nitrogens with zero attached hydrogens (tertiary/aromatic N) is 2. The fraction of sp³-hybridized carbons (Fsp3) is 0.720. The van der Waals surface area contributed by atoms with Crippen molar-refractivity contribution in [2.24, 2.45) is 0 Å². The van der Waals surface area contributed by atoms with Crippen LogP contribution in [-0.4, -0.2) is 98.9 Å². The molecule has 4 atom stereocenters. The molecule has 0 unspecified atom stereocenters. The first-order valence-corrected chi connectivity index (χ1v) is 14.3. The standard InChI is InChI=1S/C25H39N3O6S/c1-19-5-8-22(9-6-19)35(31,32)28-16-20(29)17-33-18-24-23(28)10-7-21(34-24)15-25(30)26-11-14-27-12-3-2-4-13-27/h5-6,8-9,20-21,23-24,29H,2-4,7,10-18H2,1H3,(H,26,30)/t20-,21-,23-,24+/m0/s1. The fourth-order valence-electron chi connectivity index (χ4n) is 5.23. The van der Waals surface area contributed by atoms with Gasteiger partial charge in [-0.25, -0.2) is 8.42 Å². The molecular weight excluding hydrogens is 470 g/mol. The number of sulfonamides is 1. The van der Waals surface area contributed by atoms with Gasteiger partial charge in [0.05, 0.1) is 48.9 Å². The van der Waals surface area contributed by atoms with E-state index < -0.39 is 28.3 Å². The zero-order valence-corrected chi connectivity index (χ0v) is 21.4. The van der Waals surface area contributed by atoms with E-state index in [1.54, 1.807) is 24.3 Å². The zero-order chi connectivity index (χ0) is 24.8. The van der Waals surface area contributed by atoms with Crippen molar-refractivity contribution in [3.05, 3.63) is 29.8 Å². The van der Waals surface area contributed by atoms with E-state index in [1.807, 2.05) is 6.92 Å². The van der Waals surface area contributed by atoms with E-state index in [0.29, 0.717) is 19.4 Å². The third-order valence-electron chi connectivity index (χ3n) is 7.17. The van der Waals surface area contributed by atoms with E-state index in [1.165, 1.54) is 23.6 Å². The predicted octanol–water partition coefficient (Wildman–Crippen LogP) is 1.29. The third kappa shape index (κ3) is 7.02. The van der Waals surface area contributed by atoms with Crippen LogP contribution in [0.4, 0.5) is 0 Å². The Hall–Kier alpha value is -1.56. The maximum atomic E-state index is 13.5. The molecule has 0 radical (unpaired) electrons. The molecule has 10 heteroatoms. The van der Waals surface area contributed by atoms with Gasteiger partial charge in [0, 0.05) is 19.6 Å². The van der Waals surface area contributed by atoms with Crippen LogP contribution in [0.2, 0.25) is 0 Å². The Kier molecular flexibility index (Phi) is 9.18. The summed E-state index contributed by atoms with van der Waals surface area (Å²) in [4.78, 5) is 15.1. The number of ether oxygens (including phenoxy) is 2. The molecule has 3 saturated heterocycles. The molecule has 196 valence electrons. The fourth-order valence-corrected chi connectivity index (χ4v) is 6.95. The lowest BCUT2D eigenvalue weighted by Crippen LogP contribution is -2.57. The van der Waals surface area contributed by atoms with Crippen LogP contribution in [0.25, 0.3) is 0 Å². The number of aliphatic hydroxyl groups excluding tert-OH is 1. The second kappa shape index (κ2) is 12.1. The largest absolute Gasteiger partial charge is 0.389 e. The molecule has 3 aliphatic heterocycles. The number of piperidine rings is 1. The van der Waals surface area contributed by atoms with Crippen molar-refractivity contribution in [3.63, 3.8) is 0 Å². The second-order valence-electron chi connectivity index (χ2n) is 9.98. The number of likely N-dealkylation sites (tertiary alicyclic amines) is 1. The van der Waals surface area contributed by atoms with Crippen LogP contribution >= 0.6 is 0 Å². The number of amides is 1. The van der Waals surface area contributed by atoms with E-state index in [-0.39, 0.29) is 43.1 Å². The van der Waals surface area contributed by atoms with Crippen LogP contribution in [0.1, 0.15) is 44.1 Å². The van der Waals surface area contributed by atoms with Gasteiger partial charge in [0.25, 0.3) is 0 Å². The summed E-state index contributed by atoms with van der Waals surface area (Å²) in [5.74, 6) is -0.0447. The maximum absolute atomic E-state index is 13.5. The number of hydrogen-bond acceptors (Lipinski definition) is 7. The summed E-state index contributed by atoms with van der Waals surface area (Å²) < 4.78 is 40.3. The maximum Gasteiger partial charge on any atom is 0.243 e. The highest BCUT2D eigenvalue weighted by Crippen LogP contribution is 2.31. The lowest BCUT2D eigenvalue weighted by molar-refractivity contribution is -0.146. The third-order valence-corrected chi connectivity index (χ3v) is 9.08. The second-order valence-corrected chi connectivity index (χ2v) is 11.9. The molecule has 3 fully saturated rings. The summed E-state index contributed by atoms with van der Waals surface area (Å²) in [6, 6.07) is 6.27. The Morgan fingerprint density at radius 2 is 1.86 bits per heavy atom. The molecule has 0 aliphatic carbocycles. The summed E-state index contributed by atoms with van der Waals surface area (Å²) >= 11 is 0. The van der Waals surface area contributed by atoms with Gasteiger partial charge in [-0.1, -0.05) is 24.1 Å². The van der Waals surface area contributed by atoms with E-state index in [2.05, 4.69) is 10.2 Å². The van der Waals surface area contributed by atoms with Gasteiger partial charge in [0.2, 0.25) is 15.9 Å². The zero-order valence-electron chi connectivity index (χ0n) is 20.6. The number of rotatable bonds is 7. The summed E-state index contributed by atoms with van der Waals surface area (Å²) in [7, 11) is -3.83. The number of benzene rings is 1. The van der Waals surface area contributed by atoms with Gasteiger partial charge >= 0.3 is 0 Å². The van der Waals surface area contributed by atoms with E-state index in [0.717, 1.165) is 25.2 Å². The lowest BCUT2D eigenvalue weighted by atomic mass is 9.96. The molecule has 1 amide bonds. The minimum Gasteiger partial charge on any atom is -0.389 e. The molecule has 3 heterocycles. The van der Waals surface area contributed by atoms with E-state index in [9.17, 15) is 18.3 Å². The van der Waals surface area contributed by atoms with Crippen LogP contribution in [0, 0.1) is 6.92 Å². The van der Waals surface area contributed by atoms with Gasteiger partial charge in [-0.15, -0.1) is 0 Å². The van der Waals surface area contributed by atoms with Gasteiger partial charge in [-0.3, -0.25) is 4.79 Å². The Bertz CT molecular complexity index is 935.